The van der Waals surface area contributed by atoms with Gasteiger partial charge in [0.25, 0.3) is 0 Å². The lowest BCUT2D eigenvalue weighted by atomic mass is 10.2. The summed E-state index contributed by atoms with van der Waals surface area (Å²) < 4.78 is 39.3. The molecule has 2 rings (SSSR count). The van der Waals surface area contributed by atoms with Crippen molar-refractivity contribution in [3.63, 3.8) is 0 Å². The van der Waals surface area contributed by atoms with Gasteiger partial charge in [0.2, 0.25) is 0 Å². The molecule has 0 fully saturated rings. The molecule has 1 N–H and O–H groups in total. The number of hydrogen-bond acceptors (Lipinski definition) is 3. The molecule has 0 aliphatic heterocycles. The summed E-state index contributed by atoms with van der Waals surface area (Å²) in [7, 11) is 0. The van der Waals surface area contributed by atoms with Gasteiger partial charge in [0.1, 0.15) is 5.69 Å². The van der Waals surface area contributed by atoms with Crippen molar-refractivity contribution < 1.29 is 27.9 Å². The highest BCUT2D eigenvalue weighted by Gasteiger charge is 2.35. The lowest BCUT2D eigenvalue weighted by Crippen LogP contribution is -2.08. The summed E-state index contributed by atoms with van der Waals surface area (Å²) in [6, 6.07) is 0.766. The van der Waals surface area contributed by atoms with E-state index in [1.54, 1.807) is 0 Å². The van der Waals surface area contributed by atoms with Crippen molar-refractivity contribution in [1.82, 2.24) is 9.38 Å². The number of carbonyl (C=O) groups is 2. The zero-order valence-corrected chi connectivity index (χ0v) is 10.5. The summed E-state index contributed by atoms with van der Waals surface area (Å²) >= 11 is 2.87. The van der Waals surface area contributed by atoms with Gasteiger partial charge in [0, 0.05) is 10.7 Å². The van der Waals surface area contributed by atoms with E-state index in [0.717, 1.165) is 16.7 Å². The second-order valence-electron chi connectivity index (χ2n) is 3.53. The van der Waals surface area contributed by atoms with Gasteiger partial charge in [-0.05, 0) is 22.0 Å². The molecular weight excluding hydrogens is 333 g/mol. The number of alkyl halides is 3. The van der Waals surface area contributed by atoms with Gasteiger partial charge < -0.3 is 5.11 Å². The van der Waals surface area contributed by atoms with Crippen LogP contribution in [0.5, 0.6) is 0 Å². The fourth-order valence-electron chi connectivity index (χ4n) is 1.61. The monoisotopic (exact) mass is 336 g/mol. The van der Waals surface area contributed by atoms with Crippen molar-refractivity contribution in [2.75, 3.05) is 0 Å². The first-order valence-corrected chi connectivity index (χ1v) is 5.52. The van der Waals surface area contributed by atoms with Crippen molar-refractivity contribution in [2.24, 2.45) is 0 Å². The van der Waals surface area contributed by atoms with Gasteiger partial charge >= 0.3 is 12.1 Å². The third-order valence-corrected chi connectivity index (χ3v) is 2.78. The van der Waals surface area contributed by atoms with E-state index in [-0.39, 0.29) is 10.8 Å². The maximum absolute atomic E-state index is 12.8. The SMILES string of the molecule is O=Cc1c(C(=O)O)nc2c(C(F)(F)F)cc(Br)cn12. The molecule has 0 saturated carbocycles. The average Bonchev–Trinajstić information content (AvgIpc) is 2.64. The van der Waals surface area contributed by atoms with Gasteiger partial charge in [0.05, 0.1) is 5.56 Å². The van der Waals surface area contributed by atoms with Crippen molar-refractivity contribution in [3.8, 4) is 0 Å². The van der Waals surface area contributed by atoms with Crippen molar-refractivity contribution in [3.05, 3.63) is 33.7 Å². The molecular formula is C10H4BrF3N2O3. The van der Waals surface area contributed by atoms with Crippen LogP contribution in [0, 0.1) is 0 Å². The summed E-state index contributed by atoms with van der Waals surface area (Å²) in [6.45, 7) is 0. The van der Waals surface area contributed by atoms with Crippen LogP contribution in [0.4, 0.5) is 13.2 Å². The van der Waals surface area contributed by atoms with E-state index >= 15 is 0 Å². The van der Waals surface area contributed by atoms with E-state index in [1.165, 1.54) is 0 Å². The van der Waals surface area contributed by atoms with Crippen LogP contribution in [-0.2, 0) is 6.18 Å². The first-order valence-electron chi connectivity index (χ1n) is 4.73. The molecule has 19 heavy (non-hydrogen) atoms. The number of carboxylic acid groups (broad SMARTS) is 1. The average molecular weight is 337 g/mol. The Labute approximate surface area is 111 Å². The van der Waals surface area contributed by atoms with Crippen molar-refractivity contribution in [2.45, 2.75) is 6.18 Å². The van der Waals surface area contributed by atoms with Gasteiger partial charge in [-0.25, -0.2) is 9.78 Å². The minimum absolute atomic E-state index is 0.0461. The number of nitrogens with zero attached hydrogens (tertiary/aromatic N) is 2. The third kappa shape index (κ3) is 2.21. The van der Waals surface area contributed by atoms with Crippen LogP contribution in [-0.4, -0.2) is 26.7 Å². The molecule has 0 spiro atoms. The Hall–Kier alpha value is -1.90. The normalized spacial score (nSPS) is 11.8. The van der Waals surface area contributed by atoms with Crippen LogP contribution in [0.2, 0.25) is 0 Å². The third-order valence-electron chi connectivity index (χ3n) is 2.34. The van der Waals surface area contributed by atoms with E-state index in [2.05, 4.69) is 20.9 Å². The lowest BCUT2D eigenvalue weighted by molar-refractivity contribution is -0.136. The maximum Gasteiger partial charge on any atom is 0.420 e. The fraction of sp³-hybridized carbons (Fsp3) is 0.100. The number of aromatic nitrogens is 2. The summed E-state index contributed by atoms with van der Waals surface area (Å²) in [4.78, 5) is 25.1. The van der Waals surface area contributed by atoms with Gasteiger partial charge in [-0.15, -0.1) is 0 Å². The topological polar surface area (TPSA) is 71.7 Å². The van der Waals surface area contributed by atoms with Crippen LogP contribution in [0.15, 0.2) is 16.7 Å². The number of fused-ring (bicyclic) bond motifs is 1. The number of rotatable bonds is 2. The largest absolute Gasteiger partial charge is 0.476 e. The molecule has 0 unspecified atom stereocenters. The molecule has 2 aromatic rings. The first-order chi connectivity index (χ1) is 8.75. The summed E-state index contributed by atoms with van der Waals surface area (Å²) in [6.07, 6.45) is -3.42. The molecule has 0 atom stereocenters. The predicted molar refractivity (Wildman–Crippen MR) is 60.2 cm³/mol. The summed E-state index contributed by atoms with van der Waals surface area (Å²) in [5, 5.41) is 8.83. The number of carbonyl (C=O) groups excluding carboxylic acids is 1. The highest BCUT2D eigenvalue weighted by molar-refractivity contribution is 9.10. The first kappa shape index (κ1) is 13.5. The fourth-order valence-corrected chi connectivity index (χ4v) is 2.04. The Morgan fingerprint density at radius 2 is 2.11 bits per heavy atom. The van der Waals surface area contributed by atoms with Crippen LogP contribution < -0.4 is 0 Å². The highest BCUT2D eigenvalue weighted by atomic mass is 79.9. The van der Waals surface area contributed by atoms with Crippen LogP contribution in [0.25, 0.3) is 5.65 Å². The number of halogens is 4. The standard InChI is InChI=1S/C10H4BrF3N2O3/c11-4-1-5(10(12,13)14)8-15-7(9(18)19)6(3-17)16(8)2-4/h1-3H,(H,18,19). The van der Waals surface area contributed by atoms with E-state index in [4.69, 9.17) is 5.11 Å². The quantitative estimate of drug-likeness (QED) is 0.856. The Kier molecular flexibility index (Phi) is 3.09. The highest BCUT2D eigenvalue weighted by Crippen LogP contribution is 2.34. The zero-order chi connectivity index (χ0) is 14.4. The number of carboxylic acids is 1. The molecule has 9 heteroatoms. The minimum Gasteiger partial charge on any atom is -0.476 e. The van der Waals surface area contributed by atoms with E-state index in [1.807, 2.05) is 0 Å². The van der Waals surface area contributed by atoms with Gasteiger partial charge in [0.15, 0.2) is 17.6 Å². The van der Waals surface area contributed by atoms with Crippen molar-refractivity contribution in [1.29, 1.82) is 0 Å². The molecule has 0 amide bonds. The number of hydrogen-bond donors (Lipinski definition) is 1. The molecule has 0 radical (unpaired) electrons. The smallest absolute Gasteiger partial charge is 0.420 e. The van der Waals surface area contributed by atoms with Crippen LogP contribution >= 0.6 is 15.9 Å². The number of aromatic carboxylic acids is 1. The Balaban J connectivity index is 2.94. The number of aldehydes is 1. The maximum atomic E-state index is 12.8. The molecule has 2 aromatic heterocycles. The molecule has 100 valence electrons. The summed E-state index contributed by atoms with van der Waals surface area (Å²) in [5.74, 6) is -1.57. The Morgan fingerprint density at radius 1 is 1.47 bits per heavy atom. The Bertz CT molecular complexity index is 693. The van der Waals surface area contributed by atoms with Crippen LogP contribution in [0.1, 0.15) is 26.5 Å². The minimum atomic E-state index is -4.72. The molecule has 0 bridgehead atoms. The zero-order valence-electron chi connectivity index (χ0n) is 8.90. The second-order valence-corrected chi connectivity index (χ2v) is 4.45. The van der Waals surface area contributed by atoms with Crippen molar-refractivity contribution >= 4 is 33.8 Å². The van der Waals surface area contributed by atoms with E-state index in [0.29, 0.717) is 0 Å². The Morgan fingerprint density at radius 3 is 2.58 bits per heavy atom. The van der Waals surface area contributed by atoms with Crippen LogP contribution in [0.3, 0.4) is 0 Å². The summed E-state index contributed by atoms with van der Waals surface area (Å²) in [5.41, 5.74) is -2.93. The van der Waals surface area contributed by atoms with Gasteiger partial charge in [-0.3, -0.25) is 9.20 Å². The molecule has 0 aliphatic carbocycles. The molecule has 0 aliphatic rings. The lowest BCUT2D eigenvalue weighted by Gasteiger charge is -2.08. The second kappa shape index (κ2) is 4.34. The molecule has 0 saturated heterocycles. The van der Waals surface area contributed by atoms with Gasteiger partial charge in [-0.2, -0.15) is 13.2 Å². The molecule has 5 nitrogen and oxygen atoms in total. The number of pyridine rings is 1. The molecule has 0 aromatic carbocycles. The number of imidazole rings is 1. The molecule has 2 heterocycles. The van der Waals surface area contributed by atoms with E-state index in [9.17, 15) is 22.8 Å². The van der Waals surface area contributed by atoms with E-state index < -0.39 is 34.7 Å². The predicted octanol–water partition coefficient (Wildman–Crippen LogP) is 2.63. The van der Waals surface area contributed by atoms with Gasteiger partial charge in [-0.1, -0.05) is 0 Å².